The molecule has 0 bridgehead atoms. The first-order chi connectivity index (χ1) is 7.76. The molecule has 0 atom stereocenters. The number of carbonyl (C=O) groups excluding carboxylic acids is 1. The Balaban J connectivity index is 3.88. The van der Waals surface area contributed by atoms with Gasteiger partial charge >= 0.3 is 0 Å². The highest BCUT2D eigenvalue weighted by Crippen LogP contribution is 2.00. The van der Waals surface area contributed by atoms with E-state index in [0.29, 0.717) is 39.3 Å². The van der Waals surface area contributed by atoms with Gasteiger partial charge in [-0.2, -0.15) is 0 Å². The van der Waals surface area contributed by atoms with Crippen molar-refractivity contribution in [1.82, 2.24) is 4.90 Å². The van der Waals surface area contributed by atoms with E-state index in [2.05, 4.69) is 0 Å². The molecule has 0 spiro atoms. The lowest BCUT2D eigenvalue weighted by Crippen LogP contribution is -2.36. The molecule has 0 aromatic rings. The molecule has 0 heterocycles. The Bertz CT molecular complexity index is 169. The first-order valence-electron chi connectivity index (χ1n) is 5.72. The zero-order chi connectivity index (χ0) is 12.2. The molecule has 0 fully saturated rings. The molecule has 1 amide bonds. The molecular weight excluding hydrogens is 208 g/mol. The monoisotopic (exact) mass is 232 g/mol. The zero-order valence-corrected chi connectivity index (χ0v) is 10.4. The van der Waals surface area contributed by atoms with Crippen molar-refractivity contribution in [2.45, 2.75) is 19.3 Å². The van der Waals surface area contributed by atoms with Crippen molar-refractivity contribution in [1.29, 1.82) is 0 Å². The first kappa shape index (κ1) is 15.3. The van der Waals surface area contributed by atoms with E-state index >= 15 is 0 Å². The lowest BCUT2D eigenvalue weighted by molar-refractivity contribution is -0.132. The molecule has 0 saturated heterocycles. The van der Waals surface area contributed by atoms with E-state index in [9.17, 15) is 4.79 Å². The van der Waals surface area contributed by atoms with Crippen LogP contribution in [0.3, 0.4) is 0 Å². The molecule has 0 saturated carbocycles. The van der Waals surface area contributed by atoms with Crippen molar-refractivity contribution >= 4 is 5.91 Å². The topological polar surface area (TPSA) is 64.8 Å². The number of nitrogens with two attached hydrogens (primary N) is 1. The summed E-state index contributed by atoms with van der Waals surface area (Å²) in [5, 5.41) is 0. The van der Waals surface area contributed by atoms with Gasteiger partial charge in [-0.1, -0.05) is 0 Å². The van der Waals surface area contributed by atoms with Gasteiger partial charge in [-0.05, 0) is 19.4 Å². The smallest absolute Gasteiger partial charge is 0.222 e. The maximum absolute atomic E-state index is 11.8. The number of hydrogen-bond acceptors (Lipinski definition) is 4. The summed E-state index contributed by atoms with van der Waals surface area (Å²) in [5.74, 6) is 0.155. The third-order valence-electron chi connectivity index (χ3n) is 2.33. The van der Waals surface area contributed by atoms with Gasteiger partial charge in [0, 0.05) is 33.7 Å². The lowest BCUT2D eigenvalue weighted by Gasteiger charge is -2.22. The van der Waals surface area contributed by atoms with Gasteiger partial charge in [-0.15, -0.1) is 0 Å². The van der Waals surface area contributed by atoms with Crippen LogP contribution in [0.1, 0.15) is 19.3 Å². The summed E-state index contributed by atoms with van der Waals surface area (Å²) in [7, 11) is 3.26. The molecule has 0 radical (unpaired) electrons. The van der Waals surface area contributed by atoms with E-state index < -0.39 is 0 Å². The Labute approximate surface area is 97.9 Å². The average Bonchev–Trinajstić information content (AvgIpc) is 2.29. The second-order valence-electron chi connectivity index (χ2n) is 3.61. The molecular formula is C11H24N2O3. The average molecular weight is 232 g/mol. The van der Waals surface area contributed by atoms with Crippen LogP contribution in [0.4, 0.5) is 0 Å². The molecule has 5 nitrogen and oxygen atoms in total. The number of amides is 1. The summed E-state index contributed by atoms with van der Waals surface area (Å²) < 4.78 is 9.95. The molecule has 0 rings (SSSR count). The summed E-state index contributed by atoms with van der Waals surface area (Å²) in [6.07, 6.45) is 2.31. The van der Waals surface area contributed by atoms with E-state index in [1.807, 2.05) is 0 Å². The van der Waals surface area contributed by atoms with Crippen LogP contribution in [0.5, 0.6) is 0 Å². The van der Waals surface area contributed by atoms with Crippen LogP contribution >= 0.6 is 0 Å². The van der Waals surface area contributed by atoms with E-state index in [0.717, 1.165) is 12.8 Å². The second kappa shape index (κ2) is 10.9. The second-order valence-corrected chi connectivity index (χ2v) is 3.61. The van der Waals surface area contributed by atoms with Gasteiger partial charge in [-0.3, -0.25) is 4.79 Å². The molecule has 0 aliphatic carbocycles. The Hall–Kier alpha value is -0.650. The van der Waals surface area contributed by atoms with E-state index in [-0.39, 0.29) is 5.91 Å². The van der Waals surface area contributed by atoms with Gasteiger partial charge < -0.3 is 20.1 Å². The number of methoxy groups -OCH3 is 2. The lowest BCUT2D eigenvalue weighted by atomic mass is 10.2. The number of nitrogens with zero attached hydrogens (tertiary/aromatic N) is 1. The molecule has 0 unspecified atom stereocenters. The van der Waals surface area contributed by atoms with Gasteiger partial charge in [0.25, 0.3) is 0 Å². The highest BCUT2D eigenvalue weighted by molar-refractivity contribution is 5.76. The Morgan fingerprint density at radius 2 is 1.69 bits per heavy atom. The van der Waals surface area contributed by atoms with Crippen LogP contribution in [0.25, 0.3) is 0 Å². The molecule has 0 aliphatic heterocycles. The van der Waals surface area contributed by atoms with Crippen molar-refractivity contribution in [3.8, 4) is 0 Å². The van der Waals surface area contributed by atoms with Crippen LogP contribution in [0.2, 0.25) is 0 Å². The predicted octanol–water partition coefficient (Wildman–Crippen LogP) is 0.237. The van der Waals surface area contributed by atoms with Gasteiger partial charge in [-0.25, -0.2) is 0 Å². The fraction of sp³-hybridized carbons (Fsp3) is 0.909. The maximum atomic E-state index is 11.8. The van der Waals surface area contributed by atoms with Gasteiger partial charge in [0.15, 0.2) is 0 Å². The fourth-order valence-corrected chi connectivity index (χ4v) is 1.34. The third kappa shape index (κ3) is 7.62. The van der Waals surface area contributed by atoms with Crippen LogP contribution in [-0.4, -0.2) is 57.9 Å². The highest BCUT2D eigenvalue weighted by atomic mass is 16.5. The zero-order valence-electron chi connectivity index (χ0n) is 10.4. The van der Waals surface area contributed by atoms with Crippen molar-refractivity contribution in [2.24, 2.45) is 5.73 Å². The molecule has 5 heteroatoms. The van der Waals surface area contributed by atoms with Crippen molar-refractivity contribution < 1.29 is 14.3 Å². The fourth-order valence-electron chi connectivity index (χ4n) is 1.34. The molecule has 0 aromatic carbocycles. The van der Waals surface area contributed by atoms with Gasteiger partial charge in [0.1, 0.15) is 0 Å². The summed E-state index contributed by atoms with van der Waals surface area (Å²) in [6.45, 7) is 3.02. The first-order valence-corrected chi connectivity index (χ1v) is 5.72. The third-order valence-corrected chi connectivity index (χ3v) is 2.33. The minimum Gasteiger partial charge on any atom is -0.383 e. The van der Waals surface area contributed by atoms with Gasteiger partial charge in [0.05, 0.1) is 13.2 Å². The number of ether oxygens (including phenoxy) is 2. The Kier molecular flexibility index (Phi) is 10.4. The number of hydrogen-bond donors (Lipinski definition) is 1. The van der Waals surface area contributed by atoms with E-state index in [4.69, 9.17) is 15.2 Å². The van der Waals surface area contributed by atoms with Crippen LogP contribution in [0, 0.1) is 0 Å². The van der Waals surface area contributed by atoms with Crippen LogP contribution < -0.4 is 5.73 Å². The van der Waals surface area contributed by atoms with Crippen LogP contribution in [0.15, 0.2) is 0 Å². The van der Waals surface area contributed by atoms with Crippen LogP contribution in [-0.2, 0) is 14.3 Å². The highest BCUT2D eigenvalue weighted by Gasteiger charge is 2.11. The summed E-state index contributed by atoms with van der Waals surface area (Å²) >= 11 is 0. The van der Waals surface area contributed by atoms with Crippen molar-refractivity contribution in [3.63, 3.8) is 0 Å². The SMILES string of the molecule is COCCN(CCOC)C(=O)CCCCN. The Morgan fingerprint density at radius 3 is 2.12 bits per heavy atom. The molecule has 16 heavy (non-hydrogen) atoms. The molecule has 0 aromatic heterocycles. The predicted molar refractivity (Wildman–Crippen MR) is 63.2 cm³/mol. The molecule has 96 valence electrons. The molecule has 0 aliphatic rings. The number of unbranched alkanes of at least 4 members (excludes halogenated alkanes) is 1. The van der Waals surface area contributed by atoms with E-state index in [1.54, 1.807) is 19.1 Å². The normalized spacial score (nSPS) is 10.4. The summed E-state index contributed by atoms with van der Waals surface area (Å²) in [5.41, 5.74) is 5.39. The number of rotatable bonds is 10. The standard InChI is InChI=1S/C11H24N2O3/c1-15-9-7-13(8-10-16-2)11(14)5-3-4-6-12/h3-10,12H2,1-2H3. The maximum Gasteiger partial charge on any atom is 0.222 e. The minimum atomic E-state index is 0.155. The van der Waals surface area contributed by atoms with Gasteiger partial charge in [0.2, 0.25) is 5.91 Å². The van der Waals surface area contributed by atoms with Crippen molar-refractivity contribution in [2.75, 3.05) is 47.1 Å². The van der Waals surface area contributed by atoms with Crippen molar-refractivity contribution in [3.05, 3.63) is 0 Å². The largest absolute Gasteiger partial charge is 0.383 e. The number of carbonyl (C=O) groups is 1. The quantitative estimate of drug-likeness (QED) is 0.548. The molecule has 2 N–H and O–H groups in total. The minimum absolute atomic E-state index is 0.155. The summed E-state index contributed by atoms with van der Waals surface area (Å²) in [6, 6.07) is 0. The Morgan fingerprint density at radius 1 is 1.12 bits per heavy atom. The van der Waals surface area contributed by atoms with E-state index in [1.165, 1.54) is 0 Å². The summed E-state index contributed by atoms with van der Waals surface area (Å²) in [4.78, 5) is 13.6.